The monoisotopic (exact) mass is 1350 g/mol. The lowest BCUT2D eigenvalue weighted by molar-refractivity contribution is -0.394. The van der Waals surface area contributed by atoms with Crippen molar-refractivity contribution in [3.63, 3.8) is 0 Å². The SMILES string of the molecule is CCCCCCCCCCCCCCCCOCC(COCCCCCCCCCCCCCCCC)O[C@H]1O[C@H](CO)[C@@H](O[C@H]2O[C@H](CO)[C@@H](O[C@H]3O[C@H](CO)[C@@H](O[C@H]4O[C@H](CO)[C@@H](O[C@H]5O[C@H](CO)[C@@H](O)[C@H](O)[C@H]5O)[C@H](O)[C@H]4O)[C@H](O)[C@H]3O)[C@H](O)[C@H]2O)[C@H](O)[C@H]1O. The Morgan fingerprint density at radius 2 is 0.484 bits per heavy atom. The predicted octanol–water partition coefficient (Wildman–Crippen LogP) is 0.464. The van der Waals surface area contributed by atoms with Crippen molar-refractivity contribution in [3.8, 4) is 0 Å². The third-order valence-electron chi connectivity index (χ3n) is 18.5. The van der Waals surface area contributed by atoms with Gasteiger partial charge in [0, 0.05) is 13.2 Å². The van der Waals surface area contributed by atoms with Crippen LogP contribution in [0.2, 0.25) is 0 Å². The van der Waals surface area contributed by atoms with Crippen molar-refractivity contribution in [1.82, 2.24) is 0 Å². The van der Waals surface area contributed by atoms with Gasteiger partial charge in [-0.3, -0.25) is 0 Å². The summed E-state index contributed by atoms with van der Waals surface area (Å²) >= 11 is 0. The molecule has 0 amide bonds. The quantitative estimate of drug-likeness (QED) is 0.0368. The Balaban J connectivity index is 1.11. The highest BCUT2D eigenvalue weighted by molar-refractivity contribution is 4.99. The second-order valence-corrected chi connectivity index (χ2v) is 26.0. The van der Waals surface area contributed by atoms with Gasteiger partial charge in [0.15, 0.2) is 31.5 Å². The smallest absolute Gasteiger partial charge is 0.187 e. The van der Waals surface area contributed by atoms with Crippen molar-refractivity contribution in [2.45, 2.75) is 353 Å². The molecule has 0 bridgehead atoms. The summed E-state index contributed by atoms with van der Waals surface area (Å²) in [6.45, 7) is 1.11. The average Bonchev–Trinajstić information content (AvgIpc) is 0.804. The maximum atomic E-state index is 11.6. The Kier molecular flexibility index (Phi) is 41.1. The summed E-state index contributed by atoms with van der Waals surface area (Å²) < 4.78 is 69.9. The minimum atomic E-state index is -2.13. The van der Waals surface area contributed by atoms with E-state index in [2.05, 4.69) is 13.8 Å². The van der Waals surface area contributed by atoms with E-state index in [0.29, 0.717) is 13.2 Å². The van der Waals surface area contributed by atoms with E-state index < -0.39 is 193 Å². The molecule has 28 heteroatoms. The molecular formula is C65H122O28. The van der Waals surface area contributed by atoms with Crippen LogP contribution in [0.15, 0.2) is 0 Å². The maximum absolute atomic E-state index is 11.6. The van der Waals surface area contributed by atoms with E-state index in [-0.39, 0.29) is 13.2 Å². The summed E-state index contributed by atoms with van der Waals surface area (Å²) in [5.74, 6) is 0. The summed E-state index contributed by atoms with van der Waals surface area (Å²) in [7, 11) is 0. The fourth-order valence-corrected chi connectivity index (χ4v) is 12.7. The topological polar surface area (TPSA) is 434 Å². The van der Waals surface area contributed by atoms with Crippen LogP contribution in [0.5, 0.6) is 0 Å². The van der Waals surface area contributed by atoms with E-state index in [1.54, 1.807) is 0 Å². The molecule has 5 aliphatic rings. The zero-order chi connectivity index (χ0) is 67.7. The molecule has 5 fully saturated rings. The van der Waals surface area contributed by atoms with E-state index in [0.717, 1.165) is 38.5 Å². The Hall–Kier alpha value is -1.12. The first kappa shape index (κ1) is 82.5. The van der Waals surface area contributed by atoms with Crippen molar-refractivity contribution in [2.24, 2.45) is 0 Å². The molecule has 550 valence electrons. The molecule has 0 radical (unpaired) electrons. The van der Waals surface area contributed by atoms with Crippen molar-refractivity contribution < 1.29 is 139 Å². The van der Waals surface area contributed by atoms with Gasteiger partial charge in [-0.1, -0.05) is 181 Å². The summed E-state index contributed by atoms with van der Waals surface area (Å²) in [5.41, 5.74) is 0. The van der Waals surface area contributed by atoms with Crippen molar-refractivity contribution in [2.75, 3.05) is 59.5 Å². The van der Waals surface area contributed by atoms with Crippen LogP contribution in [-0.2, 0) is 56.8 Å². The second kappa shape index (κ2) is 46.3. The molecule has 0 spiro atoms. The van der Waals surface area contributed by atoms with Crippen LogP contribution >= 0.6 is 0 Å². The maximum Gasteiger partial charge on any atom is 0.187 e. The van der Waals surface area contributed by atoms with Crippen LogP contribution in [0.4, 0.5) is 0 Å². The van der Waals surface area contributed by atoms with Gasteiger partial charge in [-0.2, -0.15) is 0 Å². The zero-order valence-electron chi connectivity index (χ0n) is 55.2. The third-order valence-corrected chi connectivity index (χ3v) is 18.5. The lowest BCUT2D eigenvalue weighted by atomic mass is 9.95. The molecule has 0 aromatic carbocycles. The first-order valence-electron chi connectivity index (χ1n) is 35.2. The van der Waals surface area contributed by atoms with E-state index in [9.17, 15) is 81.7 Å². The molecule has 0 aliphatic carbocycles. The molecule has 5 heterocycles. The van der Waals surface area contributed by atoms with E-state index >= 15 is 0 Å². The Bertz CT molecular complexity index is 1810. The van der Waals surface area contributed by atoms with Gasteiger partial charge in [0.05, 0.1) is 46.2 Å². The van der Waals surface area contributed by atoms with Gasteiger partial charge >= 0.3 is 0 Å². The van der Waals surface area contributed by atoms with E-state index in [1.165, 1.54) is 141 Å². The first-order chi connectivity index (χ1) is 45.0. The van der Waals surface area contributed by atoms with E-state index in [1.807, 2.05) is 0 Å². The van der Waals surface area contributed by atoms with Gasteiger partial charge in [-0.15, -0.1) is 0 Å². The number of aliphatic hydroxyl groups is 16. The molecule has 5 saturated heterocycles. The van der Waals surface area contributed by atoms with Gasteiger partial charge in [-0.05, 0) is 12.8 Å². The molecular weight excluding hydrogens is 1230 g/mol. The molecule has 5 rings (SSSR count). The summed E-state index contributed by atoms with van der Waals surface area (Å²) in [6.07, 6.45) is -12.0. The molecule has 28 nitrogen and oxygen atoms in total. The van der Waals surface area contributed by atoms with Crippen LogP contribution < -0.4 is 0 Å². The Morgan fingerprint density at radius 1 is 0.258 bits per heavy atom. The van der Waals surface area contributed by atoms with Crippen molar-refractivity contribution >= 4 is 0 Å². The number of aliphatic hydroxyl groups excluding tert-OH is 16. The molecule has 0 unspecified atom stereocenters. The summed E-state index contributed by atoms with van der Waals surface area (Å²) in [5, 5.41) is 173. The van der Waals surface area contributed by atoms with Crippen LogP contribution in [0.3, 0.4) is 0 Å². The van der Waals surface area contributed by atoms with Gasteiger partial charge in [0.2, 0.25) is 0 Å². The molecule has 25 atom stereocenters. The van der Waals surface area contributed by atoms with E-state index in [4.69, 9.17) is 56.8 Å². The average molecular weight is 1350 g/mol. The fraction of sp³-hybridized carbons (Fsp3) is 1.00. The number of ether oxygens (including phenoxy) is 12. The van der Waals surface area contributed by atoms with Crippen LogP contribution in [0.25, 0.3) is 0 Å². The fourth-order valence-electron chi connectivity index (χ4n) is 12.7. The largest absolute Gasteiger partial charge is 0.394 e. The highest BCUT2D eigenvalue weighted by atomic mass is 16.8. The zero-order valence-corrected chi connectivity index (χ0v) is 55.2. The first-order valence-corrected chi connectivity index (χ1v) is 35.2. The lowest BCUT2D eigenvalue weighted by Crippen LogP contribution is -2.68. The van der Waals surface area contributed by atoms with Gasteiger partial charge < -0.3 is 139 Å². The highest BCUT2D eigenvalue weighted by Crippen LogP contribution is 2.36. The number of unbranched alkanes of at least 4 members (excludes halogenated alkanes) is 26. The molecule has 5 aliphatic heterocycles. The second-order valence-electron chi connectivity index (χ2n) is 26.0. The van der Waals surface area contributed by atoms with Crippen molar-refractivity contribution in [1.29, 1.82) is 0 Å². The Labute approximate surface area is 549 Å². The summed E-state index contributed by atoms with van der Waals surface area (Å²) in [4.78, 5) is 0. The molecule has 93 heavy (non-hydrogen) atoms. The molecule has 16 N–H and O–H groups in total. The minimum absolute atomic E-state index is 0.0841. The van der Waals surface area contributed by atoms with Crippen LogP contribution in [-0.4, -0.2) is 301 Å². The third kappa shape index (κ3) is 26.4. The highest BCUT2D eigenvalue weighted by Gasteiger charge is 2.57. The summed E-state index contributed by atoms with van der Waals surface area (Å²) in [6, 6.07) is 0. The standard InChI is InChI=1S/C65H122O28/c1-3-5-7-9-11-13-15-17-19-21-23-25-27-29-31-82-38-40(39-83-32-30-28-26-24-22-20-18-16-14-12-10-8-6-4-2)84-61-53(78)48(73)57(42(34-67)86-61)91-63-55(80)50(75)59(44(36-69)88-63)93-65-56(81)51(76)60(45(37-70)89-65)92-64-54(79)49(74)58(43(35-68)87-64)90-62-52(77)47(72)46(71)41(33-66)85-62/h40-81H,3-39H2,1-2H3/t41-,42-,43-,44-,45-,46-,47+,48-,49-,50-,51-,52-,53-,54-,55-,56-,57-,58-,59-,60-,61+,62-,63-,64-,65-/m1/s1. The molecule has 0 aromatic heterocycles. The molecule has 0 aromatic rings. The van der Waals surface area contributed by atoms with Gasteiger partial charge in [0.1, 0.15) is 128 Å². The van der Waals surface area contributed by atoms with Crippen LogP contribution in [0, 0.1) is 0 Å². The van der Waals surface area contributed by atoms with Gasteiger partial charge in [0.25, 0.3) is 0 Å². The normalized spacial score (nSPS) is 36.9. The van der Waals surface area contributed by atoms with Crippen LogP contribution in [0.1, 0.15) is 194 Å². The number of rotatable bonds is 49. The lowest BCUT2D eigenvalue weighted by Gasteiger charge is -2.49. The molecule has 0 saturated carbocycles. The number of hydrogen-bond acceptors (Lipinski definition) is 28. The number of hydrogen-bond donors (Lipinski definition) is 16. The predicted molar refractivity (Wildman–Crippen MR) is 331 cm³/mol. The Morgan fingerprint density at radius 3 is 0.753 bits per heavy atom. The minimum Gasteiger partial charge on any atom is -0.394 e. The van der Waals surface area contributed by atoms with Gasteiger partial charge in [-0.25, -0.2) is 0 Å². The van der Waals surface area contributed by atoms with Crippen molar-refractivity contribution in [3.05, 3.63) is 0 Å².